The number of rotatable bonds is 4. The summed E-state index contributed by atoms with van der Waals surface area (Å²) in [5.74, 6) is -0.779. The third-order valence-corrected chi connectivity index (χ3v) is 6.91. The minimum atomic E-state index is -3.06. The molecule has 1 fully saturated rings. The number of aryl methyl sites for hydroxylation is 1. The molecule has 1 aliphatic rings. The van der Waals surface area contributed by atoms with E-state index in [-0.39, 0.29) is 36.2 Å². The van der Waals surface area contributed by atoms with E-state index in [1.165, 1.54) is 16.2 Å². The Morgan fingerprint density at radius 3 is 2.44 bits per heavy atom. The van der Waals surface area contributed by atoms with E-state index < -0.39 is 21.8 Å². The lowest BCUT2D eigenvalue weighted by molar-refractivity contribution is -0.132. The number of thiazole rings is 1. The highest BCUT2D eigenvalue weighted by Crippen LogP contribution is 2.24. The summed E-state index contributed by atoms with van der Waals surface area (Å²) in [5, 5.41) is 5.05. The predicted octanol–water partition coefficient (Wildman–Crippen LogP) is 1.49. The Hall–Kier alpha value is -2.26. The molecular weight excluding hydrogens is 386 g/mol. The molecule has 0 aliphatic carbocycles. The molecule has 1 aliphatic heterocycles. The summed E-state index contributed by atoms with van der Waals surface area (Å²) in [6, 6.07) is 7.12. The maximum absolute atomic E-state index is 12.4. The minimum absolute atomic E-state index is 0.0363. The van der Waals surface area contributed by atoms with E-state index in [4.69, 9.17) is 0 Å². The SMILES string of the molecule is Cc1ccc(-c2nc(C(=O)NC(C)C(=O)N3CCS(=O)(=O)CC3)cs2)cc1. The fourth-order valence-corrected chi connectivity index (χ4v) is 4.75. The first-order valence-corrected chi connectivity index (χ1v) is 11.3. The second kappa shape index (κ2) is 7.77. The summed E-state index contributed by atoms with van der Waals surface area (Å²) >= 11 is 1.37. The van der Waals surface area contributed by atoms with Crippen molar-refractivity contribution in [2.45, 2.75) is 19.9 Å². The van der Waals surface area contributed by atoms with E-state index >= 15 is 0 Å². The molecular formula is C18H21N3O4S2. The van der Waals surface area contributed by atoms with Crippen molar-refractivity contribution in [3.8, 4) is 10.6 Å². The van der Waals surface area contributed by atoms with Crippen molar-refractivity contribution in [1.29, 1.82) is 0 Å². The van der Waals surface area contributed by atoms with Gasteiger partial charge < -0.3 is 10.2 Å². The van der Waals surface area contributed by atoms with Gasteiger partial charge in [0.2, 0.25) is 5.91 Å². The molecule has 144 valence electrons. The number of sulfone groups is 1. The smallest absolute Gasteiger partial charge is 0.271 e. The van der Waals surface area contributed by atoms with Crippen LogP contribution in [-0.4, -0.2) is 60.8 Å². The van der Waals surface area contributed by atoms with Crippen LogP contribution in [0.1, 0.15) is 23.0 Å². The zero-order chi connectivity index (χ0) is 19.6. The van der Waals surface area contributed by atoms with E-state index in [9.17, 15) is 18.0 Å². The molecule has 7 nitrogen and oxygen atoms in total. The average Bonchev–Trinajstić information content (AvgIpc) is 3.12. The third kappa shape index (κ3) is 4.72. The molecule has 2 heterocycles. The fourth-order valence-electron chi connectivity index (χ4n) is 2.75. The Labute approximate surface area is 162 Å². The van der Waals surface area contributed by atoms with Gasteiger partial charge >= 0.3 is 0 Å². The van der Waals surface area contributed by atoms with Crippen LogP contribution in [0, 0.1) is 6.92 Å². The lowest BCUT2D eigenvalue weighted by atomic mass is 10.2. The van der Waals surface area contributed by atoms with Crippen LogP contribution in [0.5, 0.6) is 0 Å². The molecule has 2 amide bonds. The van der Waals surface area contributed by atoms with Crippen molar-refractivity contribution < 1.29 is 18.0 Å². The van der Waals surface area contributed by atoms with Crippen LogP contribution in [0.4, 0.5) is 0 Å². The second-order valence-electron chi connectivity index (χ2n) is 6.58. The van der Waals surface area contributed by atoms with Gasteiger partial charge in [0.05, 0.1) is 11.5 Å². The summed E-state index contributed by atoms with van der Waals surface area (Å²) < 4.78 is 22.9. The first kappa shape index (κ1) is 19.5. The van der Waals surface area contributed by atoms with Gasteiger partial charge in [-0.2, -0.15) is 0 Å². The molecule has 1 aromatic carbocycles. The summed E-state index contributed by atoms with van der Waals surface area (Å²) in [4.78, 5) is 30.7. The maximum Gasteiger partial charge on any atom is 0.271 e. The zero-order valence-electron chi connectivity index (χ0n) is 15.1. The number of benzene rings is 1. The molecule has 1 aromatic heterocycles. The van der Waals surface area contributed by atoms with E-state index in [1.807, 2.05) is 31.2 Å². The summed E-state index contributed by atoms with van der Waals surface area (Å²) in [5.41, 5.74) is 2.34. The van der Waals surface area contributed by atoms with Crippen molar-refractivity contribution in [3.63, 3.8) is 0 Å². The highest BCUT2D eigenvalue weighted by molar-refractivity contribution is 7.91. The average molecular weight is 408 g/mol. The summed E-state index contributed by atoms with van der Waals surface area (Å²) in [6.45, 7) is 3.92. The van der Waals surface area contributed by atoms with E-state index in [0.29, 0.717) is 0 Å². The van der Waals surface area contributed by atoms with Gasteiger partial charge in [-0.1, -0.05) is 29.8 Å². The molecule has 1 atom stereocenters. The Morgan fingerprint density at radius 2 is 1.81 bits per heavy atom. The number of aromatic nitrogens is 1. The molecule has 1 unspecified atom stereocenters. The molecule has 0 saturated carbocycles. The molecule has 1 N–H and O–H groups in total. The van der Waals surface area contributed by atoms with Crippen molar-refractivity contribution in [3.05, 3.63) is 40.9 Å². The van der Waals surface area contributed by atoms with Gasteiger partial charge in [-0.15, -0.1) is 11.3 Å². The van der Waals surface area contributed by atoms with Crippen molar-refractivity contribution >= 4 is 33.0 Å². The van der Waals surface area contributed by atoms with Crippen LogP contribution in [0.2, 0.25) is 0 Å². The molecule has 0 spiro atoms. The second-order valence-corrected chi connectivity index (χ2v) is 9.74. The highest BCUT2D eigenvalue weighted by atomic mass is 32.2. The fraction of sp³-hybridized carbons (Fsp3) is 0.389. The Balaban J connectivity index is 1.61. The van der Waals surface area contributed by atoms with Gasteiger partial charge in [0.1, 0.15) is 16.7 Å². The van der Waals surface area contributed by atoms with Gasteiger partial charge in [-0.25, -0.2) is 13.4 Å². The standard InChI is InChI=1S/C18H21N3O4S2/c1-12-3-5-14(6-4-12)17-20-15(11-26-17)16(22)19-13(2)18(23)21-7-9-27(24,25)10-8-21/h3-6,11,13H,7-10H2,1-2H3,(H,19,22). The predicted molar refractivity (Wildman–Crippen MR) is 104 cm³/mol. The van der Waals surface area contributed by atoms with E-state index in [1.54, 1.807) is 12.3 Å². The maximum atomic E-state index is 12.4. The Morgan fingerprint density at radius 1 is 1.19 bits per heavy atom. The monoisotopic (exact) mass is 407 g/mol. The molecule has 2 aromatic rings. The number of carbonyl (C=O) groups excluding carboxylic acids is 2. The molecule has 0 radical (unpaired) electrons. The van der Waals surface area contributed by atoms with Crippen molar-refractivity contribution in [2.24, 2.45) is 0 Å². The first-order valence-electron chi connectivity index (χ1n) is 8.58. The van der Waals surface area contributed by atoms with Crippen LogP contribution in [0.25, 0.3) is 10.6 Å². The zero-order valence-corrected chi connectivity index (χ0v) is 16.8. The minimum Gasteiger partial charge on any atom is -0.339 e. The first-order chi connectivity index (χ1) is 12.7. The third-order valence-electron chi connectivity index (χ3n) is 4.41. The molecule has 0 bridgehead atoms. The molecule has 9 heteroatoms. The Kier molecular flexibility index (Phi) is 5.61. The van der Waals surface area contributed by atoms with E-state index in [0.717, 1.165) is 16.1 Å². The topological polar surface area (TPSA) is 96.4 Å². The number of carbonyl (C=O) groups is 2. The lowest BCUT2D eigenvalue weighted by Crippen LogP contribution is -2.51. The number of hydrogen-bond donors (Lipinski definition) is 1. The van der Waals surface area contributed by atoms with Gasteiger partial charge in [0, 0.05) is 24.0 Å². The van der Waals surface area contributed by atoms with E-state index in [2.05, 4.69) is 10.3 Å². The highest BCUT2D eigenvalue weighted by Gasteiger charge is 2.29. The molecule has 1 saturated heterocycles. The molecule has 3 rings (SSSR count). The van der Waals surface area contributed by atoms with Gasteiger partial charge in [0.25, 0.3) is 5.91 Å². The van der Waals surface area contributed by atoms with Crippen LogP contribution in [0.15, 0.2) is 29.6 Å². The van der Waals surface area contributed by atoms with Crippen molar-refractivity contribution in [2.75, 3.05) is 24.6 Å². The van der Waals surface area contributed by atoms with Crippen LogP contribution in [-0.2, 0) is 14.6 Å². The molecule has 27 heavy (non-hydrogen) atoms. The number of nitrogens with one attached hydrogen (secondary N) is 1. The lowest BCUT2D eigenvalue weighted by Gasteiger charge is -2.29. The number of nitrogens with zero attached hydrogens (tertiary/aromatic N) is 2. The van der Waals surface area contributed by atoms with Crippen LogP contribution in [0.3, 0.4) is 0 Å². The normalized spacial score (nSPS) is 17.3. The van der Waals surface area contributed by atoms with Crippen molar-refractivity contribution in [1.82, 2.24) is 15.2 Å². The van der Waals surface area contributed by atoms with Crippen LogP contribution >= 0.6 is 11.3 Å². The van der Waals surface area contributed by atoms with Gasteiger partial charge in [-0.3, -0.25) is 9.59 Å². The summed E-state index contributed by atoms with van der Waals surface area (Å²) in [7, 11) is -3.06. The van der Waals surface area contributed by atoms with Gasteiger partial charge in [0.15, 0.2) is 9.84 Å². The number of hydrogen-bond acceptors (Lipinski definition) is 6. The Bertz CT molecular complexity index is 937. The quantitative estimate of drug-likeness (QED) is 0.828. The van der Waals surface area contributed by atoms with Crippen LogP contribution < -0.4 is 5.32 Å². The largest absolute Gasteiger partial charge is 0.339 e. The summed E-state index contributed by atoms with van der Waals surface area (Å²) in [6.07, 6.45) is 0. The number of amides is 2. The van der Waals surface area contributed by atoms with Gasteiger partial charge in [-0.05, 0) is 13.8 Å².